The molecule has 0 aromatic rings. The minimum atomic E-state index is -0.658. The minimum Gasteiger partial charge on any atom is -0.466 e. The molecule has 14 heavy (non-hydrogen) atoms. The SMILES string of the molecule is CCOC(=O)CCNC(=O)C1(N)CC1. The van der Waals surface area contributed by atoms with Gasteiger partial charge in [-0.25, -0.2) is 0 Å². The molecule has 0 aromatic heterocycles. The summed E-state index contributed by atoms with van der Waals surface area (Å²) in [7, 11) is 0. The van der Waals surface area contributed by atoms with E-state index in [-0.39, 0.29) is 18.3 Å². The van der Waals surface area contributed by atoms with Gasteiger partial charge < -0.3 is 15.8 Å². The number of carbonyl (C=O) groups excluding carboxylic acids is 2. The third kappa shape index (κ3) is 2.99. The summed E-state index contributed by atoms with van der Waals surface area (Å²) in [4.78, 5) is 22.2. The van der Waals surface area contributed by atoms with Crippen LogP contribution in [0.3, 0.4) is 0 Å². The number of ether oxygens (including phenoxy) is 1. The van der Waals surface area contributed by atoms with E-state index in [0.29, 0.717) is 13.2 Å². The highest BCUT2D eigenvalue weighted by atomic mass is 16.5. The molecule has 5 heteroatoms. The second kappa shape index (κ2) is 4.41. The highest BCUT2D eigenvalue weighted by Gasteiger charge is 2.45. The van der Waals surface area contributed by atoms with Gasteiger partial charge in [0.15, 0.2) is 0 Å². The van der Waals surface area contributed by atoms with E-state index >= 15 is 0 Å². The molecule has 0 unspecified atom stereocenters. The average Bonchev–Trinajstić information content (AvgIpc) is 2.85. The maximum atomic E-state index is 11.3. The van der Waals surface area contributed by atoms with Crippen molar-refractivity contribution < 1.29 is 14.3 Å². The van der Waals surface area contributed by atoms with Crippen LogP contribution in [-0.4, -0.2) is 30.6 Å². The molecule has 5 nitrogen and oxygen atoms in total. The average molecular weight is 200 g/mol. The van der Waals surface area contributed by atoms with Crippen molar-refractivity contribution in [1.29, 1.82) is 0 Å². The Balaban J connectivity index is 2.09. The van der Waals surface area contributed by atoms with E-state index in [1.54, 1.807) is 6.92 Å². The van der Waals surface area contributed by atoms with Crippen molar-refractivity contribution >= 4 is 11.9 Å². The molecule has 3 N–H and O–H groups in total. The molecular formula is C9H16N2O3. The number of nitrogens with one attached hydrogen (secondary N) is 1. The van der Waals surface area contributed by atoms with E-state index in [2.05, 4.69) is 5.32 Å². The summed E-state index contributed by atoms with van der Waals surface area (Å²) < 4.78 is 4.70. The summed E-state index contributed by atoms with van der Waals surface area (Å²) in [6.07, 6.45) is 1.67. The smallest absolute Gasteiger partial charge is 0.307 e. The van der Waals surface area contributed by atoms with Crippen LogP contribution in [-0.2, 0) is 14.3 Å². The third-order valence-corrected chi connectivity index (χ3v) is 2.16. The van der Waals surface area contributed by atoms with Crippen LogP contribution in [0.2, 0.25) is 0 Å². The van der Waals surface area contributed by atoms with Crippen LogP contribution in [0, 0.1) is 0 Å². The predicted octanol–water partition coefficient (Wildman–Crippen LogP) is -0.453. The molecule has 0 aliphatic heterocycles. The fraction of sp³-hybridized carbons (Fsp3) is 0.778. The van der Waals surface area contributed by atoms with Crippen LogP contribution < -0.4 is 11.1 Å². The lowest BCUT2D eigenvalue weighted by Crippen LogP contribution is -2.43. The Labute approximate surface area is 83.0 Å². The van der Waals surface area contributed by atoms with Gasteiger partial charge in [0.2, 0.25) is 5.91 Å². The Morgan fingerprint density at radius 2 is 2.14 bits per heavy atom. The molecule has 0 saturated heterocycles. The number of nitrogens with two attached hydrogens (primary N) is 1. The predicted molar refractivity (Wildman–Crippen MR) is 50.4 cm³/mol. The van der Waals surface area contributed by atoms with Gasteiger partial charge in [0, 0.05) is 6.54 Å². The monoisotopic (exact) mass is 200 g/mol. The highest BCUT2D eigenvalue weighted by Crippen LogP contribution is 2.31. The molecule has 0 atom stereocenters. The first kappa shape index (κ1) is 11.0. The van der Waals surface area contributed by atoms with Gasteiger partial charge in [-0.15, -0.1) is 0 Å². The normalized spacial score (nSPS) is 17.3. The fourth-order valence-electron chi connectivity index (χ4n) is 1.05. The number of amides is 1. The van der Waals surface area contributed by atoms with Crippen molar-refractivity contribution in [2.24, 2.45) is 5.73 Å². The fourth-order valence-corrected chi connectivity index (χ4v) is 1.05. The molecule has 0 radical (unpaired) electrons. The first-order valence-corrected chi connectivity index (χ1v) is 4.81. The Hall–Kier alpha value is -1.10. The van der Waals surface area contributed by atoms with E-state index in [0.717, 1.165) is 12.8 Å². The second-order valence-electron chi connectivity index (χ2n) is 3.47. The summed E-state index contributed by atoms with van der Waals surface area (Å²) in [5.74, 6) is -0.462. The number of esters is 1. The quantitative estimate of drug-likeness (QED) is 0.589. The zero-order valence-electron chi connectivity index (χ0n) is 8.34. The van der Waals surface area contributed by atoms with Crippen molar-refractivity contribution in [1.82, 2.24) is 5.32 Å². The third-order valence-electron chi connectivity index (χ3n) is 2.16. The van der Waals surface area contributed by atoms with Crippen molar-refractivity contribution in [2.45, 2.75) is 31.7 Å². The van der Waals surface area contributed by atoms with Gasteiger partial charge >= 0.3 is 5.97 Å². The molecule has 1 aliphatic carbocycles. The van der Waals surface area contributed by atoms with Crippen molar-refractivity contribution in [3.63, 3.8) is 0 Å². The van der Waals surface area contributed by atoms with Gasteiger partial charge in [-0.2, -0.15) is 0 Å². The van der Waals surface area contributed by atoms with Crippen LogP contribution in [0.4, 0.5) is 0 Å². The maximum Gasteiger partial charge on any atom is 0.307 e. The molecule has 1 amide bonds. The number of hydrogen-bond acceptors (Lipinski definition) is 4. The van der Waals surface area contributed by atoms with Crippen LogP contribution in [0.25, 0.3) is 0 Å². The molecular weight excluding hydrogens is 184 g/mol. The summed E-state index contributed by atoms with van der Waals surface area (Å²) in [6, 6.07) is 0. The molecule has 1 fully saturated rings. The molecule has 80 valence electrons. The first-order valence-electron chi connectivity index (χ1n) is 4.81. The van der Waals surface area contributed by atoms with E-state index in [1.807, 2.05) is 0 Å². The van der Waals surface area contributed by atoms with E-state index < -0.39 is 5.54 Å². The Kier molecular flexibility index (Phi) is 3.46. The zero-order chi connectivity index (χ0) is 10.6. The van der Waals surface area contributed by atoms with Crippen LogP contribution in [0.15, 0.2) is 0 Å². The molecule has 1 aliphatic rings. The summed E-state index contributed by atoms with van der Waals surface area (Å²) in [5, 5.41) is 2.61. The highest BCUT2D eigenvalue weighted by molar-refractivity contribution is 5.89. The van der Waals surface area contributed by atoms with Gasteiger partial charge in [-0.3, -0.25) is 9.59 Å². The standard InChI is InChI=1S/C9H16N2O3/c1-2-14-7(12)3-6-11-8(13)9(10)4-5-9/h2-6,10H2,1H3,(H,11,13). The van der Waals surface area contributed by atoms with Gasteiger partial charge in [0.25, 0.3) is 0 Å². The molecule has 0 bridgehead atoms. The van der Waals surface area contributed by atoms with Gasteiger partial charge in [-0.1, -0.05) is 0 Å². The molecule has 0 spiro atoms. The van der Waals surface area contributed by atoms with Crippen LogP contribution >= 0.6 is 0 Å². The van der Waals surface area contributed by atoms with Crippen molar-refractivity contribution in [3.8, 4) is 0 Å². The second-order valence-corrected chi connectivity index (χ2v) is 3.47. The lowest BCUT2D eigenvalue weighted by molar-refractivity contribution is -0.143. The van der Waals surface area contributed by atoms with E-state index in [4.69, 9.17) is 10.5 Å². The summed E-state index contributed by atoms with van der Waals surface area (Å²) >= 11 is 0. The lowest BCUT2D eigenvalue weighted by Gasteiger charge is -2.09. The van der Waals surface area contributed by atoms with Crippen molar-refractivity contribution in [2.75, 3.05) is 13.2 Å². The topological polar surface area (TPSA) is 81.4 Å². The Bertz CT molecular complexity index is 236. The summed E-state index contributed by atoms with van der Waals surface area (Å²) in [5.41, 5.74) is 4.98. The van der Waals surface area contributed by atoms with E-state index in [1.165, 1.54) is 0 Å². The number of hydrogen-bond donors (Lipinski definition) is 2. The zero-order valence-corrected chi connectivity index (χ0v) is 8.34. The van der Waals surface area contributed by atoms with Crippen LogP contribution in [0.1, 0.15) is 26.2 Å². The van der Waals surface area contributed by atoms with Crippen molar-refractivity contribution in [3.05, 3.63) is 0 Å². The van der Waals surface area contributed by atoms with E-state index in [9.17, 15) is 9.59 Å². The molecule has 1 saturated carbocycles. The maximum absolute atomic E-state index is 11.3. The Morgan fingerprint density at radius 3 is 2.64 bits per heavy atom. The van der Waals surface area contributed by atoms with Gasteiger partial charge in [0.05, 0.1) is 18.6 Å². The lowest BCUT2D eigenvalue weighted by atomic mass is 10.2. The Morgan fingerprint density at radius 1 is 1.50 bits per heavy atom. The van der Waals surface area contributed by atoms with Gasteiger partial charge in [-0.05, 0) is 19.8 Å². The first-order chi connectivity index (χ1) is 6.58. The molecule has 0 heterocycles. The summed E-state index contributed by atoms with van der Waals surface area (Å²) in [6.45, 7) is 2.42. The largest absolute Gasteiger partial charge is 0.466 e. The van der Waals surface area contributed by atoms with Gasteiger partial charge in [0.1, 0.15) is 0 Å². The number of carbonyl (C=O) groups is 2. The number of rotatable bonds is 5. The minimum absolute atomic E-state index is 0.165. The van der Waals surface area contributed by atoms with Crippen LogP contribution in [0.5, 0.6) is 0 Å². The molecule has 1 rings (SSSR count). The molecule has 0 aromatic carbocycles.